The first-order valence-corrected chi connectivity index (χ1v) is 6.71. The molecule has 1 aromatic heterocycles. The van der Waals surface area contributed by atoms with E-state index in [2.05, 4.69) is 5.10 Å². The van der Waals surface area contributed by atoms with E-state index < -0.39 is 9.84 Å². The van der Waals surface area contributed by atoms with Gasteiger partial charge in [0.05, 0.1) is 17.5 Å². The van der Waals surface area contributed by atoms with Crippen LogP contribution in [-0.2, 0) is 9.84 Å². The third kappa shape index (κ3) is 1.73. The number of hydrogen-bond donors (Lipinski definition) is 1. The van der Waals surface area contributed by atoms with Crippen LogP contribution in [0, 0.1) is 13.8 Å². The number of aromatic nitrogens is 2. The molecule has 15 heavy (non-hydrogen) atoms. The Balaban J connectivity index is 2.40. The monoisotopic (exact) mass is 230 g/mol. The summed E-state index contributed by atoms with van der Waals surface area (Å²) in [7, 11) is -2.94. The summed E-state index contributed by atoms with van der Waals surface area (Å²) in [6.45, 7) is 3.56. The number of aryl methyl sites for hydroxylation is 1. The predicted octanol–water partition coefficient (Wildman–Crippen LogP) is 0.153. The molecule has 1 fully saturated rings. The molecule has 1 aliphatic heterocycles. The first-order valence-electron chi connectivity index (χ1n) is 4.89. The van der Waals surface area contributed by atoms with E-state index in [0.717, 1.165) is 5.69 Å². The molecule has 0 aromatic carbocycles. The molecule has 0 amide bonds. The third-order valence-electron chi connectivity index (χ3n) is 2.96. The lowest BCUT2D eigenvalue weighted by molar-refractivity contribution is 0.483. The SMILES string of the molecule is Cc1[nH]n(C2CCS(=O)(=O)C2)c(=O)c1C. The maximum absolute atomic E-state index is 11.7. The second kappa shape index (κ2) is 3.23. The molecule has 0 bridgehead atoms. The highest BCUT2D eigenvalue weighted by Gasteiger charge is 2.30. The van der Waals surface area contributed by atoms with Gasteiger partial charge in [0.2, 0.25) is 0 Å². The minimum atomic E-state index is -2.94. The normalized spacial score (nSPS) is 24.5. The minimum Gasteiger partial charge on any atom is -0.299 e. The number of rotatable bonds is 1. The lowest BCUT2D eigenvalue weighted by Crippen LogP contribution is -2.24. The van der Waals surface area contributed by atoms with Crippen LogP contribution in [0.2, 0.25) is 0 Å². The molecule has 1 unspecified atom stereocenters. The van der Waals surface area contributed by atoms with Crippen molar-refractivity contribution in [2.45, 2.75) is 26.3 Å². The topological polar surface area (TPSA) is 71.9 Å². The van der Waals surface area contributed by atoms with Crippen LogP contribution >= 0.6 is 0 Å². The molecule has 1 atom stereocenters. The first-order chi connectivity index (χ1) is 6.91. The number of hydrogen-bond acceptors (Lipinski definition) is 3. The fraction of sp³-hybridized carbons (Fsp3) is 0.667. The summed E-state index contributed by atoms with van der Waals surface area (Å²) in [5.74, 6) is 0.257. The largest absolute Gasteiger partial charge is 0.299 e. The summed E-state index contributed by atoms with van der Waals surface area (Å²) in [4.78, 5) is 11.7. The van der Waals surface area contributed by atoms with E-state index in [-0.39, 0.29) is 23.1 Å². The molecule has 6 heteroatoms. The molecule has 0 aliphatic carbocycles. The Morgan fingerprint density at radius 1 is 1.40 bits per heavy atom. The highest BCUT2D eigenvalue weighted by Crippen LogP contribution is 2.21. The highest BCUT2D eigenvalue weighted by molar-refractivity contribution is 7.91. The summed E-state index contributed by atoms with van der Waals surface area (Å²) in [5, 5.41) is 2.93. The van der Waals surface area contributed by atoms with E-state index in [1.807, 2.05) is 6.92 Å². The molecule has 1 aromatic rings. The van der Waals surface area contributed by atoms with Gasteiger partial charge in [-0.15, -0.1) is 0 Å². The van der Waals surface area contributed by atoms with Gasteiger partial charge in [-0.3, -0.25) is 9.89 Å². The molecule has 1 N–H and O–H groups in total. The molecule has 0 spiro atoms. The second-order valence-corrected chi connectivity index (χ2v) is 6.32. The van der Waals surface area contributed by atoms with Crippen molar-refractivity contribution in [2.75, 3.05) is 11.5 Å². The van der Waals surface area contributed by atoms with Crippen LogP contribution in [0.3, 0.4) is 0 Å². The van der Waals surface area contributed by atoms with Gasteiger partial charge in [-0.1, -0.05) is 0 Å². The number of aromatic amines is 1. The highest BCUT2D eigenvalue weighted by atomic mass is 32.2. The van der Waals surface area contributed by atoms with E-state index >= 15 is 0 Å². The summed E-state index contributed by atoms with van der Waals surface area (Å²) < 4.78 is 24.0. The van der Waals surface area contributed by atoms with Gasteiger partial charge >= 0.3 is 0 Å². The Morgan fingerprint density at radius 3 is 2.47 bits per heavy atom. The van der Waals surface area contributed by atoms with Crippen molar-refractivity contribution in [1.29, 1.82) is 0 Å². The van der Waals surface area contributed by atoms with Crippen LogP contribution in [0.4, 0.5) is 0 Å². The lowest BCUT2D eigenvalue weighted by Gasteiger charge is -2.07. The minimum absolute atomic E-state index is 0.0757. The molecular formula is C9H14N2O3S. The molecule has 0 saturated carbocycles. The van der Waals surface area contributed by atoms with Crippen LogP contribution < -0.4 is 5.56 Å². The molecule has 0 radical (unpaired) electrons. The maximum Gasteiger partial charge on any atom is 0.269 e. The fourth-order valence-corrected chi connectivity index (χ4v) is 3.59. The van der Waals surface area contributed by atoms with Crippen molar-refractivity contribution < 1.29 is 8.42 Å². The number of nitrogens with one attached hydrogen (secondary N) is 1. The van der Waals surface area contributed by atoms with E-state index in [0.29, 0.717) is 12.0 Å². The van der Waals surface area contributed by atoms with Gasteiger partial charge in [-0.25, -0.2) is 13.1 Å². The molecule has 2 rings (SSSR count). The van der Waals surface area contributed by atoms with Crippen molar-refractivity contribution in [1.82, 2.24) is 9.78 Å². The summed E-state index contributed by atoms with van der Waals surface area (Å²) in [6, 6.07) is -0.213. The Hall–Kier alpha value is -1.04. The Kier molecular flexibility index (Phi) is 2.26. The van der Waals surface area contributed by atoms with Gasteiger partial charge in [0, 0.05) is 11.3 Å². The van der Waals surface area contributed by atoms with Gasteiger partial charge in [0.15, 0.2) is 9.84 Å². The van der Waals surface area contributed by atoms with Gasteiger partial charge < -0.3 is 0 Å². The quantitative estimate of drug-likeness (QED) is 0.746. The van der Waals surface area contributed by atoms with Crippen molar-refractivity contribution in [3.63, 3.8) is 0 Å². The molecule has 84 valence electrons. The number of sulfone groups is 1. The Labute approximate surface area is 88.0 Å². The van der Waals surface area contributed by atoms with Gasteiger partial charge in [-0.2, -0.15) is 0 Å². The standard InChI is InChI=1S/C9H14N2O3S/c1-6-7(2)10-11(9(6)12)8-3-4-15(13,14)5-8/h8,10H,3-5H2,1-2H3. The van der Waals surface area contributed by atoms with E-state index in [1.165, 1.54) is 4.68 Å². The van der Waals surface area contributed by atoms with Crippen molar-refractivity contribution in [2.24, 2.45) is 0 Å². The zero-order valence-corrected chi connectivity index (χ0v) is 9.60. The van der Waals surface area contributed by atoms with Crippen LogP contribution in [0.5, 0.6) is 0 Å². The van der Waals surface area contributed by atoms with E-state index in [9.17, 15) is 13.2 Å². The smallest absolute Gasteiger partial charge is 0.269 e. The van der Waals surface area contributed by atoms with Crippen LogP contribution in [0.25, 0.3) is 0 Å². The van der Waals surface area contributed by atoms with Gasteiger partial charge in [0.1, 0.15) is 0 Å². The first kappa shape index (κ1) is 10.5. The zero-order chi connectivity index (χ0) is 11.2. The summed E-state index contributed by atoms with van der Waals surface area (Å²) in [5.41, 5.74) is 1.37. The Bertz CT molecular complexity index is 538. The average Bonchev–Trinajstić information content (AvgIpc) is 2.62. The summed E-state index contributed by atoms with van der Waals surface area (Å²) in [6.07, 6.45) is 0.529. The van der Waals surface area contributed by atoms with Crippen LogP contribution in [0.15, 0.2) is 4.79 Å². The van der Waals surface area contributed by atoms with Crippen LogP contribution in [-0.4, -0.2) is 29.7 Å². The third-order valence-corrected chi connectivity index (χ3v) is 4.71. The molecule has 5 nitrogen and oxygen atoms in total. The number of H-pyrrole nitrogens is 1. The molecule has 2 heterocycles. The van der Waals surface area contributed by atoms with Crippen molar-refractivity contribution in [3.8, 4) is 0 Å². The van der Waals surface area contributed by atoms with Gasteiger partial charge in [0.25, 0.3) is 5.56 Å². The van der Waals surface area contributed by atoms with E-state index in [4.69, 9.17) is 0 Å². The number of nitrogens with zero attached hydrogens (tertiary/aromatic N) is 1. The molecule has 1 saturated heterocycles. The van der Waals surface area contributed by atoms with Crippen molar-refractivity contribution in [3.05, 3.63) is 21.6 Å². The summed E-state index contributed by atoms with van der Waals surface area (Å²) >= 11 is 0. The predicted molar refractivity (Wildman–Crippen MR) is 56.8 cm³/mol. The zero-order valence-electron chi connectivity index (χ0n) is 8.78. The average molecular weight is 230 g/mol. The van der Waals surface area contributed by atoms with Crippen molar-refractivity contribution >= 4 is 9.84 Å². The second-order valence-electron chi connectivity index (χ2n) is 4.09. The fourth-order valence-electron chi connectivity index (χ4n) is 1.89. The van der Waals surface area contributed by atoms with Crippen LogP contribution in [0.1, 0.15) is 23.7 Å². The Morgan fingerprint density at radius 2 is 2.07 bits per heavy atom. The van der Waals surface area contributed by atoms with E-state index in [1.54, 1.807) is 6.92 Å². The van der Waals surface area contributed by atoms with Gasteiger partial charge in [-0.05, 0) is 20.3 Å². The lowest BCUT2D eigenvalue weighted by atomic mass is 10.2. The maximum atomic E-state index is 11.7. The molecular weight excluding hydrogens is 216 g/mol. The molecule has 1 aliphatic rings.